The van der Waals surface area contributed by atoms with E-state index in [-0.39, 0.29) is 0 Å². The summed E-state index contributed by atoms with van der Waals surface area (Å²) in [4.78, 5) is 8.90. The number of allylic oxidation sites excluding steroid dienone is 1. The van der Waals surface area contributed by atoms with Crippen molar-refractivity contribution in [1.29, 1.82) is 0 Å². The Morgan fingerprint density at radius 3 is 3.00 bits per heavy atom. The minimum Gasteiger partial charge on any atom is -0.344 e. The normalized spacial score (nSPS) is 11.5. The standard InChI is InChI=1S/C13H14N6/c1-3-4-14-12-13-15-7-11(10-5-16-17-6-10)19(13)8-9(2)18-12/h3-8H,1-2H3,(H,14,18)(H,16,17)/b4-3+. The van der Waals surface area contributed by atoms with Gasteiger partial charge in [-0.1, -0.05) is 6.08 Å². The molecular weight excluding hydrogens is 240 g/mol. The Balaban J connectivity index is 2.20. The summed E-state index contributed by atoms with van der Waals surface area (Å²) in [5.74, 6) is 0.743. The monoisotopic (exact) mass is 254 g/mol. The van der Waals surface area contributed by atoms with Crippen LogP contribution in [0.3, 0.4) is 0 Å². The minimum absolute atomic E-state index is 0.743. The molecule has 3 aromatic rings. The van der Waals surface area contributed by atoms with E-state index in [4.69, 9.17) is 0 Å². The molecule has 2 N–H and O–H groups in total. The Labute approximate surface area is 110 Å². The molecule has 0 aliphatic heterocycles. The largest absolute Gasteiger partial charge is 0.344 e. The molecule has 0 atom stereocenters. The molecule has 0 unspecified atom stereocenters. The Morgan fingerprint density at radius 1 is 1.37 bits per heavy atom. The molecule has 6 nitrogen and oxygen atoms in total. The number of anilines is 1. The molecule has 0 aliphatic carbocycles. The Kier molecular flexibility index (Phi) is 2.75. The minimum atomic E-state index is 0.743. The maximum absolute atomic E-state index is 4.46. The number of aromatic amines is 1. The number of H-pyrrole nitrogens is 1. The first kappa shape index (κ1) is 11.5. The summed E-state index contributed by atoms with van der Waals surface area (Å²) in [5.41, 5.74) is 3.69. The zero-order valence-corrected chi connectivity index (χ0v) is 10.8. The molecule has 3 rings (SSSR count). The van der Waals surface area contributed by atoms with E-state index in [1.807, 2.05) is 49.1 Å². The van der Waals surface area contributed by atoms with Crippen LogP contribution in [0.15, 0.2) is 37.1 Å². The van der Waals surface area contributed by atoms with Crippen molar-refractivity contribution in [2.75, 3.05) is 5.32 Å². The number of fused-ring (bicyclic) bond motifs is 1. The van der Waals surface area contributed by atoms with E-state index in [0.29, 0.717) is 0 Å². The van der Waals surface area contributed by atoms with Gasteiger partial charge < -0.3 is 5.32 Å². The Bertz CT molecular complexity index is 723. The lowest BCUT2D eigenvalue weighted by molar-refractivity contribution is 1.08. The lowest BCUT2D eigenvalue weighted by atomic mass is 10.3. The van der Waals surface area contributed by atoms with Gasteiger partial charge in [-0.3, -0.25) is 9.50 Å². The lowest BCUT2D eigenvalue weighted by Gasteiger charge is -2.05. The molecule has 0 aromatic carbocycles. The molecule has 0 amide bonds. The SMILES string of the molecule is C/C=C/Nc1nc(C)cn2c(-c3cn[nH]c3)cnc12. The summed E-state index contributed by atoms with van der Waals surface area (Å²) in [6.07, 6.45) is 11.2. The summed E-state index contributed by atoms with van der Waals surface area (Å²) in [7, 11) is 0. The van der Waals surface area contributed by atoms with Crippen LogP contribution in [0.4, 0.5) is 5.82 Å². The second-order valence-corrected chi connectivity index (χ2v) is 4.20. The molecule has 0 bridgehead atoms. The van der Waals surface area contributed by atoms with Gasteiger partial charge >= 0.3 is 0 Å². The quantitative estimate of drug-likeness (QED) is 0.752. The van der Waals surface area contributed by atoms with Gasteiger partial charge in [0.05, 0.1) is 23.8 Å². The van der Waals surface area contributed by atoms with E-state index in [0.717, 1.165) is 28.4 Å². The maximum atomic E-state index is 4.46. The third-order valence-corrected chi connectivity index (χ3v) is 2.79. The van der Waals surface area contributed by atoms with Crippen LogP contribution in [-0.2, 0) is 0 Å². The average molecular weight is 254 g/mol. The Morgan fingerprint density at radius 2 is 2.26 bits per heavy atom. The van der Waals surface area contributed by atoms with E-state index in [2.05, 4.69) is 25.5 Å². The fourth-order valence-electron chi connectivity index (χ4n) is 1.97. The van der Waals surface area contributed by atoms with Gasteiger partial charge in [0.2, 0.25) is 0 Å². The average Bonchev–Trinajstić information content (AvgIpc) is 3.03. The summed E-state index contributed by atoms with van der Waals surface area (Å²) < 4.78 is 2.01. The highest BCUT2D eigenvalue weighted by Crippen LogP contribution is 2.23. The summed E-state index contributed by atoms with van der Waals surface area (Å²) in [6, 6.07) is 0. The highest BCUT2D eigenvalue weighted by molar-refractivity contribution is 5.70. The first-order valence-corrected chi connectivity index (χ1v) is 6.01. The molecule has 0 saturated heterocycles. The zero-order valence-electron chi connectivity index (χ0n) is 10.8. The molecular formula is C13H14N6. The second-order valence-electron chi connectivity index (χ2n) is 4.20. The second kappa shape index (κ2) is 4.56. The Hall–Kier alpha value is -2.63. The van der Waals surface area contributed by atoms with E-state index < -0.39 is 0 Å². The number of rotatable bonds is 3. The molecule has 6 heteroatoms. The van der Waals surface area contributed by atoms with Crippen LogP contribution in [0.5, 0.6) is 0 Å². The number of nitrogens with zero attached hydrogens (tertiary/aromatic N) is 4. The van der Waals surface area contributed by atoms with Crippen molar-refractivity contribution >= 4 is 11.5 Å². The molecule has 19 heavy (non-hydrogen) atoms. The van der Waals surface area contributed by atoms with Crippen molar-refractivity contribution in [1.82, 2.24) is 24.6 Å². The van der Waals surface area contributed by atoms with Crippen LogP contribution in [0.2, 0.25) is 0 Å². The zero-order chi connectivity index (χ0) is 13.2. The molecule has 3 heterocycles. The van der Waals surface area contributed by atoms with E-state index in [1.165, 1.54) is 0 Å². The van der Waals surface area contributed by atoms with Gasteiger partial charge in [0, 0.05) is 18.0 Å². The summed E-state index contributed by atoms with van der Waals surface area (Å²) in [6.45, 7) is 3.90. The van der Waals surface area contributed by atoms with Crippen molar-refractivity contribution in [2.45, 2.75) is 13.8 Å². The van der Waals surface area contributed by atoms with Crippen molar-refractivity contribution in [3.63, 3.8) is 0 Å². The predicted octanol–water partition coefficient (Wildman–Crippen LogP) is 2.37. The van der Waals surface area contributed by atoms with Crippen molar-refractivity contribution in [3.05, 3.63) is 42.8 Å². The highest BCUT2D eigenvalue weighted by Gasteiger charge is 2.11. The molecule has 0 radical (unpaired) electrons. The van der Waals surface area contributed by atoms with Gasteiger partial charge in [0.25, 0.3) is 0 Å². The van der Waals surface area contributed by atoms with Gasteiger partial charge in [-0.25, -0.2) is 9.97 Å². The van der Waals surface area contributed by atoms with E-state index >= 15 is 0 Å². The summed E-state index contributed by atoms with van der Waals surface area (Å²) >= 11 is 0. The van der Waals surface area contributed by atoms with Gasteiger partial charge in [-0.05, 0) is 20.0 Å². The number of aromatic nitrogens is 5. The number of hydrogen-bond acceptors (Lipinski definition) is 4. The van der Waals surface area contributed by atoms with Crippen molar-refractivity contribution in [2.24, 2.45) is 0 Å². The van der Waals surface area contributed by atoms with Gasteiger partial charge in [-0.15, -0.1) is 0 Å². The van der Waals surface area contributed by atoms with Gasteiger partial charge in [0.1, 0.15) is 0 Å². The maximum Gasteiger partial charge on any atom is 0.180 e. The fourth-order valence-corrected chi connectivity index (χ4v) is 1.97. The van der Waals surface area contributed by atoms with Crippen LogP contribution in [0, 0.1) is 6.92 Å². The molecule has 96 valence electrons. The van der Waals surface area contributed by atoms with Crippen LogP contribution in [-0.4, -0.2) is 24.6 Å². The van der Waals surface area contributed by atoms with Crippen LogP contribution in [0.1, 0.15) is 12.6 Å². The number of imidazole rings is 1. The van der Waals surface area contributed by atoms with Crippen molar-refractivity contribution in [3.8, 4) is 11.3 Å². The molecule has 3 aromatic heterocycles. The number of aryl methyl sites for hydroxylation is 1. The molecule has 0 saturated carbocycles. The van der Waals surface area contributed by atoms with E-state index in [1.54, 1.807) is 6.20 Å². The van der Waals surface area contributed by atoms with Gasteiger partial charge in [0.15, 0.2) is 11.5 Å². The molecule has 0 fully saturated rings. The van der Waals surface area contributed by atoms with Crippen LogP contribution < -0.4 is 5.32 Å². The highest BCUT2D eigenvalue weighted by atomic mass is 15.1. The van der Waals surface area contributed by atoms with E-state index in [9.17, 15) is 0 Å². The fraction of sp³-hybridized carbons (Fsp3) is 0.154. The van der Waals surface area contributed by atoms with Crippen LogP contribution >= 0.6 is 0 Å². The number of nitrogens with one attached hydrogen (secondary N) is 2. The number of hydrogen-bond donors (Lipinski definition) is 2. The topological polar surface area (TPSA) is 70.9 Å². The van der Waals surface area contributed by atoms with Crippen LogP contribution in [0.25, 0.3) is 16.9 Å². The smallest absolute Gasteiger partial charge is 0.180 e. The third kappa shape index (κ3) is 1.97. The summed E-state index contributed by atoms with van der Waals surface area (Å²) in [5, 5.41) is 9.92. The first-order chi connectivity index (χ1) is 9.29. The molecule has 0 spiro atoms. The van der Waals surface area contributed by atoms with Gasteiger partial charge in [-0.2, -0.15) is 5.10 Å². The first-order valence-electron chi connectivity index (χ1n) is 6.01. The predicted molar refractivity (Wildman–Crippen MR) is 73.7 cm³/mol. The molecule has 0 aliphatic rings. The third-order valence-electron chi connectivity index (χ3n) is 2.79. The lowest BCUT2D eigenvalue weighted by Crippen LogP contribution is -1.99. The van der Waals surface area contributed by atoms with Crippen molar-refractivity contribution < 1.29 is 0 Å².